The molecule has 2 rings (SSSR count). The topological polar surface area (TPSA) is 0 Å². The first-order valence-electron chi connectivity index (χ1n) is 7.48. The van der Waals surface area contributed by atoms with E-state index >= 15 is 0 Å². The van der Waals surface area contributed by atoms with Gasteiger partial charge >= 0.3 is 0 Å². The van der Waals surface area contributed by atoms with E-state index in [1.54, 1.807) is 12.1 Å². The summed E-state index contributed by atoms with van der Waals surface area (Å²) in [6.45, 7) is 4.42. The molecule has 1 fully saturated rings. The number of hydrogen-bond acceptors (Lipinski definition) is 0. The Labute approximate surface area is 115 Å². The van der Waals surface area contributed by atoms with Crippen LogP contribution in [0.1, 0.15) is 64.4 Å². The van der Waals surface area contributed by atoms with Crippen molar-refractivity contribution in [2.45, 2.75) is 64.2 Å². The Bertz CT molecular complexity index is 397. The summed E-state index contributed by atoms with van der Waals surface area (Å²) in [5.74, 6) is -0.244. The third-order valence-corrected chi connectivity index (χ3v) is 4.49. The number of halogens is 2. The maximum atomic E-state index is 13.5. The fraction of sp³-hybridized carbons (Fsp3) is 0.647. The van der Waals surface area contributed by atoms with Crippen molar-refractivity contribution in [1.82, 2.24) is 0 Å². The SMILES string of the molecule is CC(C)CCC1(c2cc(F)cc(F)c2)CCCCC1. The maximum Gasteiger partial charge on any atom is 0.126 e. The minimum atomic E-state index is -0.440. The lowest BCUT2D eigenvalue weighted by Gasteiger charge is -2.38. The van der Waals surface area contributed by atoms with E-state index in [1.165, 1.54) is 19.3 Å². The highest BCUT2D eigenvalue weighted by Gasteiger charge is 2.34. The molecule has 0 spiro atoms. The summed E-state index contributed by atoms with van der Waals surface area (Å²) < 4.78 is 27.0. The summed E-state index contributed by atoms with van der Waals surface area (Å²) in [4.78, 5) is 0. The smallest absolute Gasteiger partial charge is 0.126 e. The third-order valence-electron chi connectivity index (χ3n) is 4.49. The van der Waals surface area contributed by atoms with Crippen LogP contribution in [0, 0.1) is 17.6 Å². The highest BCUT2D eigenvalue weighted by Crippen LogP contribution is 2.44. The van der Waals surface area contributed by atoms with Gasteiger partial charge in [0.1, 0.15) is 11.6 Å². The molecule has 0 nitrogen and oxygen atoms in total. The van der Waals surface area contributed by atoms with Crippen LogP contribution in [-0.2, 0) is 5.41 Å². The Morgan fingerprint density at radius 1 is 1.00 bits per heavy atom. The van der Waals surface area contributed by atoms with Gasteiger partial charge < -0.3 is 0 Å². The van der Waals surface area contributed by atoms with E-state index in [1.807, 2.05) is 0 Å². The highest BCUT2D eigenvalue weighted by atomic mass is 19.1. The molecule has 0 heterocycles. The predicted molar refractivity (Wildman–Crippen MR) is 75.2 cm³/mol. The van der Waals surface area contributed by atoms with Gasteiger partial charge in [0.15, 0.2) is 0 Å². The lowest BCUT2D eigenvalue weighted by Crippen LogP contribution is -2.30. The van der Waals surface area contributed by atoms with Crippen molar-refractivity contribution in [2.24, 2.45) is 5.92 Å². The molecule has 2 heteroatoms. The van der Waals surface area contributed by atoms with Gasteiger partial charge in [-0.05, 0) is 48.3 Å². The molecule has 0 atom stereocenters. The second-order valence-electron chi connectivity index (χ2n) is 6.43. The van der Waals surface area contributed by atoms with Gasteiger partial charge in [0.25, 0.3) is 0 Å². The summed E-state index contributed by atoms with van der Waals surface area (Å²) in [6, 6.07) is 4.08. The van der Waals surface area contributed by atoms with E-state index in [2.05, 4.69) is 13.8 Å². The molecule has 0 bridgehead atoms. The Morgan fingerprint density at radius 3 is 2.11 bits per heavy atom. The molecule has 1 aliphatic carbocycles. The lowest BCUT2D eigenvalue weighted by molar-refractivity contribution is 0.255. The van der Waals surface area contributed by atoms with Crippen molar-refractivity contribution < 1.29 is 8.78 Å². The van der Waals surface area contributed by atoms with Gasteiger partial charge in [0.2, 0.25) is 0 Å². The summed E-state index contributed by atoms with van der Waals surface area (Å²) in [7, 11) is 0. The molecule has 0 aromatic heterocycles. The quantitative estimate of drug-likeness (QED) is 0.665. The molecule has 0 amide bonds. The van der Waals surface area contributed by atoms with E-state index in [0.717, 1.165) is 37.3 Å². The number of hydrogen-bond donors (Lipinski definition) is 0. The van der Waals surface area contributed by atoms with Crippen LogP contribution >= 0.6 is 0 Å². The fourth-order valence-electron chi connectivity index (χ4n) is 3.34. The molecular formula is C17H24F2. The van der Waals surface area contributed by atoms with Crippen molar-refractivity contribution >= 4 is 0 Å². The van der Waals surface area contributed by atoms with E-state index in [0.29, 0.717) is 5.92 Å². The lowest BCUT2D eigenvalue weighted by atomic mass is 9.66. The Kier molecular flexibility index (Phi) is 4.59. The van der Waals surface area contributed by atoms with Crippen molar-refractivity contribution in [3.8, 4) is 0 Å². The van der Waals surface area contributed by atoms with E-state index < -0.39 is 11.6 Å². The average Bonchev–Trinajstić information content (AvgIpc) is 2.36. The molecule has 0 N–H and O–H groups in total. The van der Waals surface area contributed by atoms with Crippen molar-refractivity contribution in [2.75, 3.05) is 0 Å². The van der Waals surface area contributed by atoms with Gasteiger partial charge in [-0.2, -0.15) is 0 Å². The average molecular weight is 266 g/mol. The summed E-state index contributed by atoms with van der Waals surface area (Å²) in [6.07, 6.45) is 7.92. The molecule has 19 heavy (non-hydrogen) atoms. The fourth-order valence-corrected chi connectivity index (χ4v) is 3.34. The minimum absolute atomic E-state index is 0.00542. The minimum Gasteiger partial charge on any atom is -0.207 e. The second-order valence-corrected chi connectivity index (χ2v) is 6.43. The molecular weight excluding hydrogens is 242 g/mol. The van der Waals surface area contributed by atoms with Crippen LogP contribution in [-0.4, -0.2) is 0 Å². The van der Waals surface area contributed by atoms with Crippen LogP contribution in [0.3, 0.4) is 0 Å². The van der Waals surface area contributed by atoms with E-state index in [4.69, 9.17) is 0 Å². The zero-order chi connectivity index (χ0) is 13.9. The number of benzene rings is 1. The van der Waals surface area contributed by atoms with Crippen LogP contribution < -0.4 is 0 Å². The number of rotatable bonds is 4. The van der Waals surface area contributed by atoms with E-state index in [-0.39, 0.29) is 5.41 Å². The molecule has 1 aromatic carbocycles. The first-order chi connectivity index (χ1) is 9.02. The maximum absolute atomic E-state index is 13.5. The highest BCUT2D eigenvalue weighted by molar-refractivity contribution is 5.27. The van der Waals surface area contributed by atoms with Gasteiger partial charge in [-0.3, -0.25) is 0 Å². The third kappa shape index (κ3) is 3.55. The van der Waals surface area contributed by atoms with E-state index in [9.17, 15) is 8.78 Å². The van der Waals surface area contributed by atoms with Gasteiger partial charge in [0.05, 0.1) is 0 Å². The van der Waals surface area contributed by atoms with Gasteiger partial charge in [-0.25, -0.2) is 8.78 Å². The first-order valence-corrected chi connectivity index (χ1v) is 7.48. The molecule has 0 aliphatic heterocycles. The second kappa shape index (κ2) is 6.02. The predicted octanol–water partition coefficient (Wildman–Crippen LogP) is 5.60. The summed E-state index contributed by atoms with van der Waals surface area (Å²) >= 11 is 0. The monoisotopic (exact) mass is 266 g/mol. The van der Waals surface area contributed by atoms with Gasteiger partial charge in [-0.15, -0.1) is 0 Å². The Balaban J connectivity index is 2.30. The van der Waals surface area contributed by atoms with Crippen molar-refractivity contribution in [3.63, 3.8) is 0 Å². The van der Waals surface area contributed by atoms with Crippen molar-refractivity contribution in [3.05, 3.63) is 35.4 Å². The van der Waals surface area contributed by atoms with Crippen LogP contribution in [0.5, 0.6) is 0 Å². The van der Waals surface area contributed by atoms with Crippen LogP contribution in [0.4, 0.5) is 8.78 Å². The zero-order valence-corrected chi connectivity index (χ0v) is 12.0. The normalized spacial score (nSPS) is 18.8. The zero-order valence-electron chi connectivity index (χ0n) is 12.0. The Morgan fingerprint density at radius 2 is 1.58 bits per heavy atom. The van der Waals surface area contributed by atoms with Gasteiger partial charge in [0, 0.05) is 6.07 Å². The Hall–Kier alpha value is -0.920. The van der Waals surface area contributed by atoms with Crippen molar-refractivity contribution in [1.29, 1.82) is 0 Å². The molecule has 0 unspecified atom stereocenters. The van der Waals surface area contributed by atoms with Crippen LogP contribution in [0.15, 0.2) is 18.2 Å². The summed E-state index contributed by atoms with van der Waals surface area (Å²) in [5, 5.41) is 0. The standard InChI is InChI=1S/C17H24F2/c1-13(2)6-9-17(7-4-3-5-8-17)14-10-15(18)12-16(19)11-14/h10-13H,3-9H2,1-2H3. The summed E-state index contributed by atoms with van der Waals surface area (Å²) in [5.41, 5.74) is 0.885. The molecule has 106 valence electrons. The van der Waals surface area contributed by atoms with Gasteiger partial charge in [-0.1, -0.05) is 39.5 Å². The largest absolute Gasteiger partial charge is 0.207 e. The molecule has 0 radical (unpaired) electrons. The van der Waals surface area contributed by atoms with Crippen LogP contribution in [0.25, 0.3) is 0 Å². The molecule has 1 aromatic rings. The van der Waals surface area contributed by atoms with Crippen LogP contribution in [0.2, 0.25) is 0 Å². The first kappa shape index (κ1) is 14.5. The molecule has 0 saturated heterocycles. The molecule has 1 saturated carbocycles. The molecule has 1 aliphatic rings.